The lowest BCUT2D eigenvalue weighted by molar-refractivity contribution is 0.254. The van der Waals surface area contributed by atoms with Gasteiger partial charge in [0.1, 0.15) is 12.4 Å². The van der Waals surface area contributed by atoms with E-state index in [4.69, 9.17) is 13.9 Å². The van der Waals surface area contributed by atoms with Crippen LogP contribution < -0.4 is 14.8 Å². The van der Waals surface area contributed by atoms with Gasteiger partial charge in [0.05, 0.1) is 13.4 Å². The monoisotopic (exact) mass is 275 g/mol. The molecule has 108 valence electrons. The van der Waals surface area contributed by atoms with E-state index in [1.54, 1.807) is 13.4 Å². The van der Waals surface area contributed by atoms with E-state index < -0.39 is 0 Å². The Bertz CT molecular complexity index is 534. The summed E-state index contributed by atoms with van der Waals surface area (Å²) in [4.78, 5) is 0. The topological polar surface area (TPSA) is 43.6 Å². The van der Waals surface area contributed by atoms with Gasteiger partial charge in [-0.15, -0.1) is 0 Å². The van der Waals surface area contributed by atoms with Crippen LogP contribution >= 0.6 is 0 Å². The molecule has 4 heteroatoms. The quantitative estimate of drug-likeness (QED) is 0.841. The number of hydrogen-bond acceptors (Lipinski definition) is 4. The van der Waals surface area contributed by atoms with E-state index in [-0.39, 0.29) is 0 Å². The largest absolute Gasteiger partial charge is 0.493 e. The summed E-state index contributed by atoms with van der Waals surface area (Å²) in [6.45, 7) is 5.40. The zero-order chi connectivity index (χ0) is 14.4. The van der Waals surface area contributed by atoms with Gasteiger partial charge >= 0.3 is 0 Å². The van der Waals surface area contributed by atoms with Gasteiger partial charge in [-0.2, -0.15) is 0 Å². The summed E-state index contributed by atoms with van der Waals surface area (Å²) in [7, 11) is 1.63. The summed E-state index contributed by atoms with van der Waals surface area (Å²) >= 11 is 0. The Morgan fingerprint density at radius 3 is 2.60 bits per heavy atom. The van der Waals surface area contributed by atoms with Crippen molar-refractivity contribution in [3.05, 3.63) is 47.9 Å². The second-order valence-corrected chi connectivity index (χ2v) is 4.84. The van der Waals surface area contributed by atoms with Crippen LogP contribution in [0.15, 0.2) is 41.0 Å². The van der Waals surface area contributed by atoms with E-state index in [9.17, 15) is 0 Å². The zero-order valence-electron chi connectivity index (χ0n) is 12.2. The van der Waals surface area contributed by atoms with Crippen LogP contribution in [0.2, 0.25) is 0 Å². The van der Waals surface area contributed by atoms with E-state index in [0.717, 1.165) is 23.6 Å². The fourth-order valence-electron chi connectivity index (χ4n) is 1.85. The summed E-state index contributed by atoms with van der Waals surface area (Å²) in [6.07, 6.45) is 1.69. The highest BCUT2D eigenvalue weighted by Crippen LogP contribution is 2.27. The molecule has 0 aliphatic rings. The molecule has 0 bridgehead atoms. The normalized spacial score (nSPS) is 10.8. The van der Waals surface area contributed by atoms with E-state index in [1.165, 1.54) is 0 Å². The number of methoxy groups -OCH3 is 1. The maximum atomic E-state index is 5.77. The van der Waals surface area contributed by atoms with Gasteiger partial charge < -0.3 is 19.2 Å². The minimum Gasteiger partial charge on any atom is -0.493 e. The second kappa shape index (κ2) is 7.01. The summed E-state index contributed by atoms with van der Waals surface area (Å²) in [5.41, 5.74) is 1.12. The van der Waals surface area contributed by atoms with Crippen molar-refractivity contribution in [1.29, 1.82) is 0 Å². The van der Waals surface area contributed by atoms with Crippen molar-refractivity contribution in [2.75, 3.05) is 7.11 Å². The second-order valence-electron chi connectivity index (χ2n) is 4.84. The van der Waals surface area contributed by atoms with Crippen LogP contribution in [-0.4, -0.2) is 13.2 Å². The SMILES string of the molecule is COc1ccccc1OCc1occc1CNC(C)C. The molecule has 0 spiro atoms. The van der Waals surface area contributed by atoms with Crippen molar-refractivity contribution in [1.82, 2.24) is 5.32 Å². The molecule has 0 unspecified atom stereocenters. The van der Waals surface area contributed by atoms with E-state index >= 15 is 0 Å². The lowest BCUT2D eigenvalue weighted by Gasteiger charge is -2.11. The Morgan fingerprint density at radius 1 is 1.15 bits per heavy atom. The smallest absolute Gasteiger partial charge is 0.161 e. The molecule has 0 saturated heterocycles. The van der Waals surface area contributed by atoms with Gasteiger partial charge in [-0.1, -0.05) is 26.0 Å². The number of rotatable bonds is 7. The average Bonchev–Trinajstić information content (AvgIpc) is 2.90. The maximum Gasteiger partial charge on any atom is 0.161 e. The van der Waals surface area contributed by atoms with E-state index in [1.807, 2.05) is 30.3 Å². The molecular formula is C16H21NO3. The van der Waals surface area contributed by atoms with Gasteiger partial charge in [0.2, 0.25) is 0 Å². The first-order valence-corrected chi connectivity index (χ1v) is 6.75. The fourth-order valence-corrected chi connectivity index (χ4v) is 1.85. The molecule has 4 nitrogen and oxygen atoms in total. The van der Waals surface area contributed by atoms with Crippen molar-refractivity contribution in [2.24, 2.45) is 0 Å². The Hall–Kier alpha value is -1.94. The van der Waals surface area contributed by atoms with E-state index in [2.05, 4.69) is 19.2 Å². The molecule has 1 aromatic heterocycles. The molecule has 0 amide bonds. The summed E-state index contributed by atoms with van der Waals surface area (Å²) in [6, 6.07) is 9.99. The van der Waals surface area contributed by atoms with Gasteiger partial charge in [-0.25, -0.2) is 0 Å². The first-order chi connectivity index (χ1) is 9.70. The minimum absolute atomic E-state index is 0.391. The first-order valence-electron chi connectivity index (χ1n) is 6.75. The highest BCUT2D eigenvalue weighted by molar-refractivity contribution is 5.39. The Labute approximate surface area is 119 Å². The van der Waals surface area contributed by atoms with Gasteiger partial charge in [0, 0.05) is 18.2 Å². The standard InChI is InChI=1S/C16H21NO3/c1-12(2)17-10-13-8-9-19-16(13)11-20-15-7-5-4-6-14(15)18-3/h4-9,12,17H,10-11H2,1-3H3. The van der Waals surface area contributed by atoms with Gasteiger partial charge in [-0.05, 0) is 18.2 Å². The Kier molecular flexibility index (Phi) is 5.07. The number of nitrogens with one attached hydrogen (secondary N) is 1. The molecule has 0 fully saturated rings. The van der Waals surface area contributed by atoms with Gasteiger partial charge in [0.15, 0.2) is 11.5 Å². The molecule has 1 heterocycles. The first kappa shape index (κ1) is 14.5. The molecule has 1 N–H and O–H groups in total. The van der Waals surface area contributed by atoms with Crippen LogP contribution in [0.4, 0.5) is 0 Å². The van der Waals surface area contributed by atoms with Crippen LogP contribution in [0.25, 0.3) is 0 Å². The number of benzene rings is 1. The third kappa shape index (κ3) is 3.78. The molecule has 0 aliphatic heterocycles. The van der Waals surface area contributed by atoms with Gasteiger partial charge in [-0.3, -0.25) is 0 Å². The predicted octanol–water partition coefficient (Wildman–Crippen LogP) is 3.37. The molecular weight excluding hydrogens is 254 g/mol. The molecule has 0 saturated carbocycles. The number of para-hydroxylation sites is 2. The van der Waals surface area contributed by atoms with Crippen molar-refractivity contribution in [2.45, 2.75) is 33.0 Å². The predicted molar refractivity (Wildman–Crippen MR) is 78.0 cm³/mol. The Balaban J connectivity index is 1.99. The van der Waals surface area contributed by atoms with E-state index in [0.29, 0.717) is 18.4 Å². The molecule has 0 atom stereocenters. The summed E-state index contributed by atoms with van der Waals surface area (Å²) in [5, 5.41) is 3.37. The van der Waals surface area contributed by atoms with Crippen molar-refractivity contribution in [3.63, 3.8) is 0 Å². The summed E-state index contributed by atoms with van der Waals surface area (Å²) in [5.74, 6) is 2.28. The van der Waals surface area contributed by atoms with Crippen molar-refractivity contribution >= 4 is 0 Å². The van der Waals surface area contributed by atoms with Crippen molar-refractivity contribution in [3.8, 4) is 11.5 Å². The fraction of sp³-hybridized carbons (Fsp3) is 0.375. The maximum absolute atomic E-state index is 5.77. The van der Waals surface area contributed by atoms with Crippen LogP contribution in [0.3, 0.4) is 0 Å². The molecule has 20 heavy (non-hydrogen) atoms. The summed E-state index contributed by atoms with van der Waals surface area (Å²) < 4.78 is 16.5. The molecule has 0 radical (unpaired) electrons. The number of hydrogen-bond donors (Lipinski definition) is 1. The zero-order valence-corrected chi connectivity index (χ0v) is 12.2. The Morgan fingerprint density at radius 2 is 1.90 bits per heavy atom. The lowest BCUT2D eigenvalue weighted by atomic mass is 10.2. The van der Waals surface area contributed by atoms with Crippen LogP contribution in [0.1, 0.15) is 25.2 Å². The molecule has 2 aromatic rings. The third-order valence-electron chi connectivity index (χ3n) is 2.97. The lowest BCUT2D eigenvalue weighted by Crippen LogP contribution is -2.22. The van der Waals surface area contributed by atoms with Crippen molar-refractivity contribution < 1.29 is 13.9 Å². The van der Waals surface area contributed by atoms with Crippen LogP contribution in [0, 0.1) is 0 Å². The number of ether oxygens (including phenoxy) is 2. The third-order valence-corrected chi connectivity index (χ3v) is 2.97. The minimum atomic E-state index is 0.391. The average molecular weight is 275 g/mol. The molecule has 1 aromatic carbocycles. The van der Waals surface area contributed by atoms with Crippen LogP contribution in [-0.2, 0) is 13.2 Å². The van der Waals surface area contributed by atoms with Crippen LogP contribution in [0.5, 0.6) is 11.5 Å². The van der Waals surface area contributed by atoms with Gasteiger partial charge in [0.25, 0.3) is 0 Å². The molecule has 2 rings (SSSR count). The highest BCUT2D eigenvalue weighted by atomic mass is 16.5. The highest BCUT2D eigenvalue weighted by Gasteiger charge is 2.09. The number of furan rings is 1. The molecule has 0 aliphatic carbocycles.